The molecule has 1 aliphatic heterocycles. The number of carbonyl (C=O) groups excluding carboxylic acids is 1. The van der Waals surface area contributed by atoms with Crippen LogP contribution in [0.1, 0.15) is 44.4 Å². The summed E-state index contributed by atoms with van der Waals surface area (Å²) in [5.74, 6) is 0.422. The zero-order valence-electron chi connectivity index (χ0n) is 22.2. The molecule has 39 heavy (non-hydrogen) atoms. The second kappa shape index (κ2) is 11.4. The SMILES string of the molecule is CCCN(CCC)C(=O)C1=Cc2ccc(-c3ccc4c(=O)n(Cc5cnccn5)ncc4c3)cc2N=C(N)C1. The van der Waals surface area contributed by atoms with E-state index in [1.807, 2.05) is 47.4 Å². The van der Waals surface area contributed by atoms with E-state index in [1.54, 1.807) is 24.8 Å². The van der Waals surface area contributed by atoms with Crippen LogP contribution in [0, 0.1) is 0 Å². The maximum atomic E-state index is 13.3. The number of benzene rings is 2. The maximum absolute atomic E-state index is 13.3. The summed E-state index contributed by atoms with van der Waals surface area (Å²) in [7, 11) is 0. The molecular formula is C30H31N7O2. The zero-order valence-corrected chi connectivity index (χ0v) is 22.2. The quantitative estimate of drug-likeness (QED) is 0.369. The van der Waals surface area contributed by atoms with Crippen molar-refractivity contribution in [2.24, 2.45) is 10.7 Å². The van der Waals surface area contributed by atoms with Crippen molar-refractivity contribution in [2.75, 3.05) is 13.1 Å². The molecule has 2 aromatic heterocycles. The first kappa shape index (κ1) is 26.0. The Labute approximate surface area is 226 Å². The number of hydrogen-bond donors (Lipinski definition) is 1. The third kappa shape index (κ3) is 5.62. The molecule has 0 radical (unpaired) electrons. The van der Waals surface area contributed by atoms with Crippen molar-refractivity contribution >= 4 is 34.3 Å². The number of aliphatic imine (C=N–C) groups is 1. The average Bonchev–Trinajstić information content (AvgIpc) is 3.12. The average molecular weight is 522 g/mol. The summed E-state index contributed by atoms with van der Waals surface area (Å²) in [6.07, 6.45) is 10.5. The first-order valence-corrected chi connectivity index (χ1v) is 13.2. The summed E-state index contributed by atoms with van der Waals surface area (Å²) < 4.78 is 1.39. The normalized spacial score (nSPS) is 12.9. The fraction of sp³-hybridized carbons (Fsp3) is 0.267. The smallest absolute Gasteiger partial charge is 0.274 e. The van der Waals surface area contributed by atoms with E-state index in [2.05, 4.69) is 33.9 Å². The largest absolute Gasteiger partial charge is 0.387 e. The van der Waals surface area contributed by atoms with Crippen LogP contribution >= 0.6 is 0 Å². The van der Waals surface area contributed by atoms with Crippen LogP contribution in [-0.4, -0.2) is 49.5 Å². The third-order valence-corrected chi connectivity index (χ3v) is 6.66. The van der Waals surface area contributed by atoms with Gasteiger partial charge in [-0.25, -0.2) is 9.67 Å². The molecule has 0 bridgehead atoms. The molecule has 3 heterocycles. The molecule has 0 unspecified atom stereocenters. The van der Waals surface area contributed by atoms with Gasteiger partial charge in [0.05, 0.1) is 35.7 Å². The molecule has 1 amide bonds. The van der Waals surface area contributed by atoms with E-state index in [0.717, 1.165) is 48.0 Å². The van der Waals surface area contributed by atoms with Gasteiger partial charge in [0.15, 0.2) is 0 Å². The van der Waals surface area contributed by atoms with E-state index >= 15 is 0 Å². The molecule has 9 heteroatoms. The van der Waals surface area contributed by atoms with Gasteiger partial charge in [-0.1, -0.05) is 32.0 Å². The predicted molar refractivity (Wildman–Crippen MR) is 154 cm³/mol. The predicted octanol–water partition coefficient (Wildman–Crippen LogP) is 4.33. The van der Waals surface area contributed by atoms with Gasteiger partial charge < -0.3 is 10.6 Å². The third-order valence-electron chi connectivity index (χ3n) is 6.66. The van der Waals surface area contributed by atoms with Gasteiger partial charge in [-0.05, 0) is 48.2 Å². The standard InChI is InChI=1S/C30H31N7O2/c1-3-11-36(12-4-2)29(38)23-14-22-6-5-21(15-27(22)35-28(31)16-23)20-7-8-26-24(13-20)17-34-37(30(26)39)19-25-18-32-9-10-33-25/h5-10,13-15,17-18H,3-4,11-12,16,19H2,1-2H3,(H2,31,35). The van der Waals surface area contributed by atoms with Crippen molar-refractivity contribution in [2.45, 2.75) is 39.7 Å². The number of hydrogen-bond acceptors (Lipinski definition) is 7. The van der Waals surface area contributed by atoms with E-state index < -0.39 is 0 Å². The molecule has 0 spiro atoms. The molecule has 4 aromatic rings. The van der Waals surface area contributed by atoms with Crippen LogP contribution in [0.4, 0.5) is 5.69 Å². The zero-order chi connectivity index (χ0) is 27.4. The van der Waals surface area contributed by atoms with Crippen LogP contribution in [-0.2, 0) is 11.3 Å². The van der Waals surface area contributed by atoms with Gasteiger partial charge in [-0.2, -0.15) is 5.10 Å². The van der Waals surface area contributed by atoms with Gasteiger partial charge in [-0.15, -0.1) is 0 Å². The van der Waals surface area contributed by atoms with Crippen LogP contribution in [0.3, 0.4) is 0 Å². The van der Waals surface area contributed by atoms with E-state index in [9.17, 15) is 9.59 Å². The maximum Gasteiger partial charge on any atom is 0.274 e. The Bertz CT molecular complexity index is 1630. The fourth-order valence-corrected chi connectivity index (χ4v) is 4.81. The van der Waals surface area contributed by atoms with E-state index in [4.69, 9.17) is 5.73 Å². The highest BCUT2D eigenvalue weighted by Gasteiger charge is 2.21. The number of rotatable bonds is 8. The van der Waals surface area contributed by atoms with Gasteiger partial charge >= 0.3 is 0 Å². The molecule has 9 nitrogen and oxygen atoms in total. The van der Waals surface area contributed by atoms with Crippen molar-refractivity contribution in [3.8, 4) is 11.1 Å². The van der Waals surface area contributed by atoms with Crippen LogP contribution in [0.2, 0.25) is 0 Å². The Morgan fingerprint density at radius 1 is 1.03 bits per heavy atom. The first-order chi connectivity index (χ1) is 19.0. The number of amidine groups is 1. The monoisotopic (exact) mass is 521 g/mol. The van der Waals surface area contributed by atoms with E-state index in [-0.39, 0.29) is 18.0 Å². The van der Waals surface area contributed by atoms with Crippen molar-refractivity contribution < 1.29 is 4.79 Å². The van der Waals surface area contributed by atoms with Crippen molar-refractivity contribution in [1.29, 1.82) is 0 Å². The number of amides is 1. The number of nitrogens with two attached hydrogens (primary N) is 1. The minimum absolute atomic E-state index is 0.0146. The molecule has 2 N–H and O–H groups in total. The molecule has 1 aliphatic rings. The summed E-state index contributed by atoms with van der Waals surface area (Å²) in [4.78, 5) is 41.1. The van der Waals surface area contributed by atoms with E-state index in [1.165, 1.54) is 4.68 Å². The van der Waals surface area contributed by atoms with Crippen molar-refractivity contribution in [1.82, 2.24) is 24.6 Å². The number of carbonyl (C=O) groups is 1. The summed E-state index contributed by atoms with van der Waals surface area (Å²) in [5.41, 5.74) is 10.8. The van der Waals surface area contributed by atoms with Crippen molar-refractivity contribution in [3.05, 3.63) is 88.4 Å². The topological polar surface area (TPSA) is 119 Å². The molecule has 0 aliphatic carbocycles. The van der Waals surface area contributed by atoms with Crippen LogP contribution in [0.25, 0.3) is 28.0 Å². The minimum Gasteiger partial charge on any atom is -0.387 e. The molecule has 2 aromatic carbocycles. The highest BCUT2D eigenvalue weighted by Crippen LogP contribution is 2.33. The molecule has 198 valence electrons. The lowest BCUT2D eigenvalue weighted by Crippen LogP contribution is -2.34. The molecule has 5 rings (SSSR count). The second-order valence-corrected chi connectivity index (χ2v) is 9.62. The Kier molecular flexibility index (Phi) is 7.58. The van der Waals surface area contributed by atoms with Crippen molar-refractivity contribution in [3.63, 3.8) is 0 Å². The summed E-state index contributed by atoms with van der Waals surface area (Å²) >= 11 is 0. The lowest BCUT2D eigenvalue weighted by Gasteiger charge is -2.22. The molecule has 0 saturated heterocycles. The Balaban J connectivity index is 1.46. The number of fused-ring (bicyclic) bond motifs is 2. The van der Waals surface area contributed by atoms with Gasteiger partial charge in [0.2, 0.25) is 5.91 Å². The van der Waals surface area contributed by atoms with Gasteiger partial charge in [-0.3, -0.25) is 19.6 Å². The highest BCUT2D eigenvalue weighted by molar-refractivity contribution is 6.05. The summed E-state index contributed by atoms with van der Waals surface area (Å²) in [6.45, 7) is 5.83. The lowest BCUT2D eigenvalue weighted by molar-refractivity contribution is -0.127. The molecule has 0 fully saturated rings. The highest BCUT2D eigenvalue weighted by atomic mass is 16.2. The Hall–Kier alpha value is -4.66. The van der Waals surface area contributed by atoms with E-state index in [0.29, 0.717) is 34.6 Å². The molecule has 0 atom stereocenters. The minimum atomic E-state index is -0.188. The summed E-state index contributed by atoms with van der Waals surface area (Å²) in [5, 5.41) is 5.66. The number of aromatic nitrogens is 4. The molecular weight excluding hydrogens is 490 g/mol. The van der Waals surface area contributed by atoms with Crippen LogP contribution < -0.4 is 11.3 Å². The number of nitrogens with zero attached hydrogens (tertiary/aromatic N) is 6. The van der Waals surface area contributed by atoms with Crippen LogP contribution in [0.5, 0.6) is 0 Å². The van der Waals surface area contributed by atoms with Gasteiger partial charge in [0, 0.05) is 48.4 Å². The fourth-order valence-electron chi connectivity index (χ4n) is 4.81. The van der Waals surface area contributed by atoms with Gasteiger partial charge in [0.1, 0.15) is 5.84 Å². The summed E-state index contributed by atoms with van der Waals surface area (Å²) in [6, 6.07) is 11.6. The Morgan fingerprint density at radius 2 is 1.79 bits per heavy atom. The second-order valence-electron chi connectivity index (χ2n) is 9.62. The Morgan fingerprint density at radius 3 is 2.54 bits per heavy atom. The lowest BCUT2D eigenvalue weighted by atomic mass is 9.99. The van der Waals surface area contributed by atoms with Gasteiger partial charge in [0.25, 0.3) is 5.56 Å². The van der Waals surface area contributed by atoms with Crippen LogP contribution in [0.15, 0.2) is 76.5 Å². The first-order valence-electron chi connectivity index (χ1n) is 13.2. The molecule has 0 saturated carbocycles.